The Bertz CT molecular complexity index is 947. The fourth-order valence-electron chi connectivity index (χ4n) is 4.79. The first kappa shape index (κ1) is 27.6. The Labute approximate surface area is 215 Å². The van der Waals surface area contributed by atoms with Gasteiger partial charge in [0.05, 0.1) is 6.16 Å². The highest BCUT2D eigenvalue weighted by Crippen LogP contribution is 2.56. The van der Waals surface area contributed by atoms with Gasteiger partial charge in [0.1, 0.15) is 23.2 Å². The Morgan fingerprint density at radius 1 is 0.486 bits per heavy atom. The molecule has 0 bridgehead atoms. The number of aliphatic hydroxyl groups excluding tert-OH is 1. The molecule has 0 atom stereocenters. The van der Waals surface area contributed by atoms with Crippen LogP contribution in [-0.2, 0) is 16.2 Å². The zero-order valence-corrected chi connectivity index (χ0v) is 24.3. The Morgan fingerprint density at radius 2 is 0.743 bits per heavy atom. The van der Waals surface area contributed by atoms with E-state index in [4.69, 9.17) is 0 Å². The van der Waals surface area contributed by atoms with Gasteiger partial charge in [-0.1, -0.05) is 98.7 Å². The lowest BCUT2D eigenvalue weighted by molar-refractivity contribution is 0.296. The first-order valence-electron chi connectivity index (χ1n) is 13.0. The molecule has 0 aliphatic carbocycles. The average molecular weight is 490 g/mol. The minimum absolute atomic E-state index is 0.118. The lowest BCUT2D eigenvalue weighted by Crippen LogP contribution is -2.34. The van der Waals surface area contributed by atoms with Crippen LogP contribution >= 0.6 is 7.26 Å². The summed E-state index contributed by atoms with van der Waals surface area (Å²) in [6, 6.07) is 28.1. The molecule has 188 valence electrons. The van der Waals surface area contributed by atoms with Gasteiger partial charge in [0.25, 0.3) is 0 Å². The molecule has 0 heterocycles. The van der Waals surface area contributed by atoms with E-state index in [9.17, 15) is 5.11 Å². The molecule has 0 fully saturated rings. The summed E-state index contributed by atoms with van der Waals surface area (Å²) >= 11 is 0. The van der Waals surface area contributed by atoms with Crippen molar-refractivity contribution in [2.75, 3.05) is 12.8 Å². The highest BCUT2D eigenvalue weighted by Gasteiger charge is 2.45. The topological polar surface area (TPSA) is 20.2 Å². The molecule has 35 heavy (non-hydrogen) atoms. The van der Waals surface area contributed by atoms with Crippen molar-refractivity contribution < 1.29 is 5.11 Å². The first-order chi connectivity index (χ1) is 16.2. The van der Waals surface area contributed by atoms with E-state index in [1.54, 1.807) is 0 Å². The van der Waals surface area contributed by atoms with E-state index < -0.39 is 7.26 Å². The second-order valence-corrected chi connectivity index (χ2v) is 16.6. The van der Waals surface area contributed by atoms with Crippen LogP contribution < -0.4 is 15.9 Å². The molecular formula is C33H46OP+. The third-order valence-corrected chi connectivity index (χ3v) is 11.7. The van der Waals surface area contributed by atoms with Crippen molar-refractivity contribution in [2.24, 2.45) is 0 Å². The standard InChI is InChI=1S/C33H46OP/c1-31(2,3)25-11-17-28(18-12-25)35(24-10-23-34,29-19-13-26(14-20-29)32(4,5)6)30-21-15-27(16-22-30)33(7,8)9/h11-22,34H,10,23-24H2,1-9H3/q+1. The molecule has 0 amide bonds. The first-order valence-corrected chi connectivity index (χ1v) is 15.0. The molecule has 3 aromatic rings. The highest BCUT2D eigenvalue weighted by molar-refractivity contribution is 7.95. The summed E-state index contributed by atoms with van der Waals surface area (Å²) in [4.78, 5) is 0. The zero-order valence-electron chi connectivity index (χ0n) is 23.4. The van der Waals surface area contributed by atoms with Crippen LogP contribution in [0.4, 0.5) is 0 Å². The van der Waals surface area contributed by atoms with Gasteiger partial charge in [0, 0.05) is 13.0 Å². The minimum Gasteiger partial charge on any atom is -0.396 e. The van der Waals surface area contributed by atoms with Gasteiger partial charge in [-0.05, 0) is 69.3 Å². The van der Waals surface area contributed by atoms with Crippen LogP contribution in [0.25, 0.3) is 0 Å². The van der Waals surface area contributed by atoms with E-state index in [0.29, 0.717) is 0 Å². The second kappa shape index (κ2) is 10.2. The Balaban J connectivity index is 2.27. The van der Waals surface area contributed by atoms with Gasteiger partial charge in [-0.3, -0.25) is 0 Å². The summed E-state index contributed by atoms with van der Waals surface area (Å²) in [5.74, 6) is 0. The minimum atomic E-state index is -1.95. The molecule has 1 N–H and O–H groups in total. The van der Waals surface area contributed by atoms with Gasteiger partial charge in [0.2, 0.25) is 0 Å². The summed E-state index contributed by atoms with van der Waals surface area (Å²) in [6.07, 6.45) is 1.75. The van der Waals surface area contributed by atoms with Gasteiger partial charge in [-0.25, -0.2) is 0 Å². The van der Waals surface area contributed by atoms with Crippen LogP contribution in [0.5, 0.6) is 0 Å². The Morgan fingerprint density at radius 3 is 0.943 bits per heavy atom. The van der Waals surface area contributed by atoms with E-state index >= 15 is 0 Å². The summed E-state index contributed by atoms with van der Waals surface area (Å²) in [5.41, 5.74) is 4.42. The lowest BCUT2D eigenvalue weighted by atomic mass is 9.87. The molecule has 0 radical (unpaired) electrons. The Hall–Kier alpha value is -1.95. The maximum atomic E-state index is 9.94. The molecule has 0 aliphatic heterocycles. The van der Waals surface area contributed by atoms with E-state index in [0.717, 1.165) is 12.6 Å². The fourth-order valence-corrected chi connectivity index (χ4v) is 9.05. The predicted molar refractivity (Wildman–Crippen MR) is 158 cm³/mol. The molecule has 0 aliphatic rings. The molecule has 0 unspecified atom stereocenters. The zero-order chi connectivity index (χ0) is 26.1. The molecular weight excluding hydrogens is 443 g/mol. The summed E-state index contributed by atoms with van der Waals surface area (Å²) in [5, 5.41) is 14.1. The molecule has 0 spiro atoms. The van der Waals surface area contributed by atoms with Crippen LogP contribution in [0.3, 0.4) is 0 Å². The third kappa shape index (κ3) is 6.07. The monoisotopic (exact) mass is 489 g/mol. The van der Waals surface area contributed by atoms with Crippen LogP contribution in [0.15, 0.2) is 72.8 Å². The summed E-state index contributed by atoms with van der Waals surface area (Å²) < 4.78 is 0. The summed E-state index contributed by atoms with van der Waals surface area (Å²) in [6.45, 7) is 20.6. The van der Waals surface area contributed by atoms with Crippen LogP contribution in [0, 0.1) is 0 Å². The maximum Gasteiger partial charge on any atom is 0.112 e. The number of hydrogen-bond donors (Lipinski definition) is 1. The highest BCUT2D eigenvalue weighted by atomic mass is 31.2. The number of benzene rings is 3. The number of hydrogen-bond acceptors (Lipinski definition) is 1. The van der Waals surface area contributed by atoms with Crippen molar-refractivity contribution in [1.82, 2.24) is 0 Å². The smallest absolute Gasteiger partial charge is 0.112 e. The number of aliphatic hydroxyl groups is 1. The van der Waals surface area contributed by atoms with Crippen LogP contribution in [0.2, 0.25) is 0 Å². The van der Waals surface area contributed by atoms with Crippen molar-refractivity contribution in [3.8, 4) is 0 Å². The molecule has 3 aromatic carbocycles. The van der Waals surface area contributed by atoms with Crippen molar-refractivity contribution in [1.29, 1.82) is 0 Å². The molecule has 0 saturated heterocycles. The lowest BCUT2D eigenvalue weighted by Gasteiger charge is -2.30. The molecule has 2 heteroatoms. The normalized spacial score (nSPS) is 13.2. The van der Waals surface area contributed by atoms with Crippen molar-refractivity contribution in [2.45, 2.75) is 85.0 Å². The van der Waals surface area contributed by atoms with E-state index in [1.807, 2.05) is 0 Å². The SMILES string of the molecule is CC(C)(C)c1ccc([P+](CCCO)(c2ccc(C(C)(C)C)cc2)c2ccc(C(C)(C)C)cc2)cc1. The van der Waals surface area contributed by atoms with Crippen LogP contribution in [-0.4, -0.2) is 17.9 Å². The second-order valence-electron chi connectivity index (χ2n) is 13.0. The average Bonchev–Trinajstić information content (AvgIpc) is 2.79. The molecule has 0 saturated carbocycles. The fraction of sp³-hybridized carbons (Fsp3) is 0.455. The van der Waals surface area contributed by atoms with E-state index in [2.05, 4.69) is 135 Å². The maximum absolute atomic E-state index is 9.94. The van der Waals surface area contributed by atoms with E-state index in [1.165, 1.54) is 32.6 Å². The van der Waals surface area contributed by atoms with Crippen molar-refractivity contribution >= 4 is 23.2 Å². The van der Waals surface area contributed by atoms with Gasteiger partial charge in [-0.2, -0.15) is 0 Å². The van der Waals surface area contributed by atoms with Crippen molar-refractivity contribution in [3.63, 3.8) is 0 Å². The van der Waals surface area contributed by atoms with Gasteiger partial charge >= 0.3 is 0 Å². The van der Waals surface area contributed by atoms with Gasteiger partial charge < -0.3 is 5.11 Å². The quantitative estimate of drug-likeness (QED) is 0.361. The number of rotatable bonds is 6. The molecule has 3 rings (SSSR count). The van der Waals surface area contributed by atoms with E-state index in [-0.39, 0.29) is 22.9 Å². The largest absolute Gasteiger partial charge is 0.396 e. The molecule has 1 nitrogen and oxygen atoms in total. The van der Waals surface area contributed by atoms with Gasteiger partial charge in [-0.15, -0.1) is 0 Å². The van der Waals surface area contributed by atoms with Gasteiger partial charge in [0.15, 0.2) is 0 Å². The van der Waals surface area contributed by atoms with Crippen molar-refractivity contribution in [3.05, 3.63) is 89.5 Å². The van der Waals surface area contributed by atoms with Crippen LogP contribution in [0.1, 0.15) is 85.4 Å². The Kier molecular flexibility index (Phi) is 8.05. The third-order valence-electron chi connectivity index (χ3n) is 7.17. The summed E-state index contributed by atoms with van der Waals surface area (Å²) in [7, 11) is -1.95. The molecule has 0 aromatic heterocycles. The predicted octanol–water partition coefficient (Wildman–Crippen LogP) is 7.26.